The minimum absolute atomic E-state index is 0.422. The Kier molecular flexibility index (Phi) is 4.75. The first kappa shape index (κ1) is 16.8. The quantitative estimate of drug-likeness (QED) is 0.699. The van der Waals surface area contributed by atoms with Crippen molar-refractivity contribution in [3.05, 3.63) is 66.0 Å². The van der Waals surface area contributed by atoms with Crippen molar-refractivity contribution in [3.63, 3.8) is 0 Å². The first-order valence-corrected chi connectivity index (χ1v) is 9.96. The van der Waals surface area contributed by atoms with Crippen LogP contribution in [0.5, 0.6) is 0 Å². The number of nitrogen functional groups attached to an aromatic ring is 1. The molecule has 1 aliphatic rings. The third kappa shape index (κ3) is 3.12. The molecule has 2 N–H and O–H groups in total. The van der Waals surface area contributed by atoms with Crippen molar-refractivity contribution in [2.24, 2.45) is 0 Å². The van der Waals surface area contributed by atoms with E-state index in [0.29, 0.717) is 17.7 Å². The van der Waals surface area contributed by atoms with E-state index in [4.69, 9.17) is 5.73 Å². The number of allylic oxidation sites excluding steroid dienone is 2. The molecule has 0 bridgehead atoms. The van der Waals surface area contributed by atoms with Gasteiger partial charge in [-0.1, -0.05) is 36.4 Å². The molecule has 0 amide bonds. The van der Waals surface area contributed by atoms with Gasteiger partial charge in [0, 0.05) is 18.3 Å². The Balaban J connectivity index is 1.77. The number of rotatable bonds is 4. The Morgan fingerprint density at radius 2 is 1.88 bits per heavy atom. The predicted molar refractivity (Wildman–Crippen MR) is 106 cm³/mol. The van der Waals surface area contributed by atoms with E-state index in [-0.39, 0.29) is 0 Å². The van der Waals surface area contributed by atoms with Crippen LogP contribution in [0.25, 0.3) is 11.5 Å². The van der Waals surface area contributed by atoms with Gasteiger partial charge in [0.05, 0.1) is 5.56 Å². The van der Waals surface area contributed by atoms with Crippen LogP contribution in [0, 0.1) is 0 Å². The van der Waals surface area contributed by atoms with Crippen molar-refractivity contribution >= 4 is 23.2 Å². The molecule has 0 radical (unpaired) electrons. The van der Waals surface area contributed by atoms with Crippen molar-refractivity contribution < 1.29 is 0 Å². The second kappa shape index (κ2) is 7.33. The number of hydrogen-bond donors (Lipinski definition) is 1. The molecular weight excluding hydrogens is 342 g/mol. The highest BCUT2D eigenvalue weighted by atomic mass is 32.2. The average molecular weight is 363 g/mol. The van der Waals surface area contributed by atoms with Gasteiger partial charge in [-0.25, -0.2) is 9.97 Å². The minimum atomic E-state index is 0.422. The lowest BCUT2D eigenvalue weighted by atomic mass is 9.84. The Bertz CT molecular complexity index is 918. The van der Waals surface area contributed by atoms with Gasteiger partial charge in [0.15, 0.2) is 0 Å². The van der Waals surface area contributed by atoms with Crippen LogP contribution in [0.3, 0.4) is 0 Å². The lowest BCUT2D eigenvalue weighted by Gasteiger charge is -2.22. The summed E-state index contributed by atoms with van der Waals surface area (Å²) in [4.78, 5) is 8.57. The van der Waals surface area contributed by atoms with Gasteiger partial charge in [0.2, 0.25) is 0 Å². The lowest BCUT2D eigenvalue weighted by Crippen LogP contribution is -2.08. The normalized spacial score (nSPS) is 17.1. The Morgan fingerprint density at radius 3 is 2.62 bits per heavy atom. The molecule has 0 fully saturated rings. The number of aromatic nitrogens is 4. The summed E-state index contributed by atoms with van der Waals surface area (Å²) in [5, 5.41) is 5.59. The van der Waals surface area contributed by atoms with E-state index < -0.39 is 0 Å². The summed E-state index contributed by atoms with van der Waals surface area (Å²) in [6.45, 7) is 0. The minimum Gasteiger partial charge on any atom is -0.383 e. The molecule has 2 aromatic heterocycles. The summed E-state index contributed by atoms with van der Waals surface area (Å²) in [5.74, 6) is 1.54. The van der Waals surface area contributed by atoms with Crippen LogP contribution in [0.2, 0.25) is 0 Å². The van der Waals surface area contributed by atoms with Crippen molar-refractivity contribution in [2.75, 3.05) is 12.0 Å². The molecule has 2 heterocycles. The molecule has 1 atom stereocenters. The maximum atomic E-state index is 6.49. The molecule has 132 valence electrons. The van der Waals surface area contributed by atoms with Crippen molar-refractivity contribution in [1.29, 1.82) is 0 Å². The molecule has 4 rings (SSSR count). The molecule has 5 nitrogen and oxygen atoms in total. The summed E-state index contributed by atoms with van der Waals surface area (Å²) in [7, 11) is 0. The zero-order valence-electron chi connectivity index (χ0n) is 14.7. The summed E-state index contributed by atoms with van der Waals surface area (Å²) in [6.07, 6.45) is 11.1. The molecule has 1 aromatic carbocycles. The number of nitrogens with zero attached hydrogens (tertiary/aromatic N) is 4. The number of hydrogen-bond acceptors (Lipinski definition) is 5. The van der Waals surface area contributed by atoms with Gasteiger partial charge >= 0.3 is 0 Å². The number of benzene rings is 1. The maximum absolute atomic E-state index is 6.49. The molecule has 1 unspecified atom stereocenters. The SMILES string of the molecule is CSc1nn(-c2ncccn2)c(N)c1C1=CC(c2ccccc2)CCC1. The van der Waals surface area contributed by atoms with E-state index in [1.165, 1.54) is 11.1 Å². The fourth-order valence-corrected chi connectivity index (χ4v) is 4.10. The van der Waals surface area contributed by atoms with Crippen molar-refractivity contribution in [3.8, 4) is 5.95 Å². The second-order valence-corrected chi connectivity index (χ2v) is 7.13. The molecule has 1 aliphatic carbocycles. The maximum Gasteiger partial charge on any atom is 0.252 e. The lowest BCUT2D eigenvalue weighted by molar-refractivity contribution is 0.663. The van der Waals surface area contributed by atoms with Gasteiger partial charge < -0.3 is 5.73 Å². The summed E-state index contributed by atoms with van der Waals surface area (Å²) in [5.41, 5.74) is 10.2. The van der Waals surface area contributed by atoms with Gasteiger partial charge in [-0.05, 0) is 42.7 Å². The summed E-state index contributed by atoms with van der Waals surface area (Å²) >= 11 is 1.61. The Morgan fingerprint density at radius 1 is 1.12 bits per heavy atom. The third-order valence-corrected chi connectivity index (χ3v) is 5.41. The molecule has 26 heavy (non-hydrogen) atoms. The standard InChI is InChI=1S/C20H21N5S/c1-26-19-17(18(21)25(24-19)20-22-11-6-12-23-20)16-10-5-9-15(13-16)14-7-3-2-4-8-14/h2-4,6-8,11-13,15H,5,9-10,21H2,1H3. The smallest absolute Gasteiger partial charge is 0.252 e. The van der Waals surface area contributed by atoms with Gasteiger partial charge in [-0.2, -0.15) is 9.78 Å². The number of anilines is 1. The highest BCUT2D eigenvalue weighted by Crippen LogP contribution is 2.40. The van der Waals surface area contributed by atoms with Crippen LogP contribution in [-0.4, -0.2) is 26.0 Å². The largest absolute Gasteiger partial charge is 0.383 e. The van der Waals surface area contributed by atoms with Crippen LogP contribution >= 0.6 is 11.8 Å². The molecule has 0 spiro atoms. The Labute approximate surface area is 157 Å². The molecular formula is C20H21N5S. The highest BCUT2D eigenvalue weighted by Gasteiger charge is 2.24. The first-order valence-electron chi connectivity index (χ1n) is 8.74. The van der Waals surface area contributed by atoms with Crippen LogP contribution in [-0.2, 0) is 0 Å². The van der Waals surface area contributed by atoms with Crippen LogP contribution in [0.4, 0.5) is 5.82 Å². The molecule has 0 saturated carbocycles. The zero-order valence-corrected chi connectivity index (χ0v) is 15.5. The zero-order chi connectivity index (χ0) is 17.9. The number of nitrogens with two attached hydrogens (primary N) is 1. The van der Waals surface area contributed by atoms with Gasteiger partial charge in [0.25, 0.3) is 5.95 Å². The second-order valence-electron chi connectivity index (χ2n) is 6.33. The van der Waals surface area contributed by atoms with E-state index in [0.717, 1.165) is 29.9 Å². The summed E-state index contributed by atoms with van der Waals surface area (Å²) < 4.78 is 1.65. The molecule has 0 aliphatic heterocycles. The fourth-order valence-electron chi connectivity index (χ4n) is 3.50. The van der Waals surface area contributed by atoms with Crippen molar-refractivity contribution in [1.82, 2.24) is 19.7 Å². The highest BCUT2D eigenvalue weighted by molar-refractivity contribution is 7.98. The van der Waals surface area contributed by atoms with Crippen LogP contribution in [0.15, 0.2) is 59.9 Å². The third-order valence-electron chi connectivity index (χ3n) is 4.74. The monoisotopic (exact) mass is 363 g/mol. The van der Waals surface area contributed by atoms with Crippen molar-refractivity contribution in [2.45, 2.75) is 30.2 Å². The first-order chi connectivity index (χ1) is 12.8. The molecule has 3 aromatic rings. The van der Waals surface area contributed by atoms with Crippen LogP contribution < -0.4 is 5.73 Å². The van der Waals surface area contributed by atoms with Crippen LogP contribution in [0.1, 0.15) is 36.3 Å². The van der Waals surface area contributed by atoms with Gasteiger partial charge in [-0.15, -0.1) is 11.8 Å². The topological polar surface area (TPSA) is 69.6 Å². The van der Waals surface area contributed by atoms with E-state index in [9.17, 15) is 0 Å². The van der Waals surface area contributed by atoms with E-state index in [1.54, 1.807) is 34.9 Å². The van der Waals surface area contributed by atoms with E-state index >= 15 is 0 Å². The van der Waals surface area contributed by atoms with Gasteiger partial charge in [0.1, 0.15) is 10.8 Å². The average Bonchev–Trinajstić information content (AvgIpc) is 3.06. The van der Waals surface area contributed by atoms with Gasteiger partial charge in [-0.3, -0.25) is 0 Å². The van der Waals surface area contributed by atoms with E-state index in [2.05, 4.69) is 51.5 Å². The molecule has 0 saturated heterocycles. The van der Waals surface area contributed by atoms with E-state index in [1.807, 2.05) is 6.26 Å². The Hall–Kier alpha value is -2.60. The fraction of sp³-hybridized carbons (Fsp3) is 0.250. The summed E-state index contributed by atoms with van der Waals surface area (Å²) in [6, 6.07) is 12.4. The number of thioether (sulfide) groups is 1. The molecule has 6 heteroatoms. The predicted octanol–water partition coefficient (Wildman–Crippen LogP) is 4.32.